The average molecular weight is 554 g/mol. The summed E-state index contributed by atoms with van der Waals surface area (Å²) in [7, 11) is 3.31. The third kappa shape index (κ3) is 7.83. The number of halogens is 4. The molecule has 0 spiro atoms. The minimum Gasteiger partial charge on any atom is -0.406 e. The Hall–Kier alpha value is -2.09. The number of ether oxygens (including phenoxy) is 2. The van der Waals surface area contributed by atoms with Crippen LogP contribution in [0.15, 0.2) is 29.3 Å². The molecular formula is C19H26F3IN6O2. The number of aromatic nitrogens is 3. The van der Waals surface area contributed by atoms with Gasteiger partial charge in [0.15, 0.2) is 11.8 Å². The highest BCUT2D eigenvalue weighted by Crippen LogP contribution is 2.22. The highest BCUT2D eigenvalue weighted by atomic mass is 127. The van der Waals surface area contributed by atoms with E-state index in [0.29, 0.717) is 37.9 Å². The van der Waals surface area contributed by atoms with Crippen LogP contribution < -0.4 is 15.4 Å². The third-order valence-corrected chi connectivity index (χ3v) is 4.60. The van der Waals surface area contributed by atoms with E-state index in [1.54, 1.807) is 26.3 Å². The van der Waals surface area contributed by atoms with Gasteiger partial charge >= 0.3 is 6.36 Å². The lowest BCUT2D eigenvalue weighted by Crippen LogP contribution is -2.47. The molecule has 0 saturated heterocycles. The molecule has 2 heterocycles. The van der Waals surface area contributed by atoms with Crippen LogP contribution in [-0.2, 0) is 30.7 Å². The fourth-order valence-electron chi connectivity index (χ4n) is 3.24. The van der Waals surface area contributed by atoms with E-state index in [9.17, 15) is 13.2 Å². The highest BCUT2D eigenvalue weighted by molar-refractivity contribution is 14.0. The highest BCUT2D eigenvalue weighted by Gasteiger charge is 2.31. The Kier molecular flexibility index (Phi) is 9.34. The van der Waals surface area contributed by atoms with E-state index < -0.39 is 6.36 Å². The number of methoxy groups -OCH3 is 1. The summed E-state index contributed by atoms with van der Waals surface area (Å²) in [5.41, 5.74) is 0.892. The molecule has 172 valence electrons. The lowest BCUT2D eigenvalue weighted by molar-refractivity contribution is -0.274. The number of hydrogen-bond acceptors (Lipinski definition) is 5. The van der Waals surface area contributed by atoms with Crippen molar-refractivity contribution in [2.75, 3.05) is 20.7 Å². The first-order chi connectivity index (χ1) is 14.4. The SMILES string of the molecule is CN=C(NCCc1ccc(OC(F)(F)F)cc1)NC1CCc2nc(COC)nn2C1.I. The van der Waals surface area contributed by atoms with E-state index in [-0.39, 0.29) is 35.8 Å². The number of alkyl halides is 3. The standard InChI is InChI=1S/C19H25F3N6O2.HI/c1-23-18(24-10-9-13-3-6-15(7-4-13)30-19(20,21)22)25-14-5-8-17-26-16(12-29-2)27-28(17)11-14;/h3-4,6-7,14H,5,8-12H2,1-2H3,(H2,23,24,25);1H. The summed E-state index contributed by atoms with van der Waals surface area (Å²) in [4.78, 5) is 8.71. The Morgan fingerprint density at radius 1 is 1.29 bits per heavy atom. The Labute approximate surface area is 195 Å². The van der Waals surface area contributed by atoms with Crippen molar-refractivity contribution in [3.63, 3.8) is 0 Å². The predicted octanol–water partition coefficient (Wildman–Crippen LogP) is 2.66. The second kappa shape index (κ2) is 11.5. The molecule has 2 aromatic rings. The van der Waals surface area contributed by atoms with E-state index in [2.05, 4.69) is 30.4 Å². The lowest BCUT2D eigenvalue weighted by Gasteiger charge is -2.25. The number of nitrogens with one attached hydrogen (secondary N) is 2. The van der Waals surface area contributed by atoms with Crippen LogP contribution in [0.25, 0.3) is 0 Å². The second-order valence-corrected chi connectivity index (χ2v) is 6.88. The molecule has 0 amide bonds. The minimum atomic E-state index is -4.68. The zero-order chi connectivity index (χ0) is 21.6. The Morgan fingerprint density at radius 3 is 2.68 bits per heavy atom. The molecule has 8 nitrogen and oxygen atoms in total. The summed E-state index contributed by atoms with van der Waals surface area (Å²) in [6, 6.07) is 6.02. The van der Waals surface area contributed by atoms with E-state index in [4.69, 9.17) is 4.74 Å². The monoisotopic (exact) mass is 554 g/mol. The van der Waals surface area contributed by atoms with Crippen LogP contribution in [0, 0.1) is 0 Å². The van der Waals surface area contributed by atoms with Crippen molar-refractivity contribution < 1.29 is 22.6 Å². The van der Waals surface area contributed by atoms with Crippen LogP contribution in [0.1, 0.15) is 23.6 Å². The summed E-state index contributed by atoms with van der Waals surface area (Å²) in [5, 5.41) is 11.1. The van der Waals surface area contributed by atoms with Gasteiger partial charge in [-0.05, 0) is 30.5 Å². The van der Waals surface area contributed by atoms with Gasteiger partial charge in [-0.25, -0.2) is 9.67 Å². The molecule has 0 saturated carbocycles. The molecule has 1 atom stereocenters. The predicted molar refractivity (Wildman–Crippen MR) is 120 cm³/mol. The van der Waals surface area contributed by atoms with Gasteiger partial charge in [0.05, 0.1) is 6.54 Å². The van der Waals surface area contributed by atoms with Gasteiger partial charge in [0, 0.05) is 33.2 Å². The van der Waals surface area contributed by atoms with Crippen molar-refractivity contribution in [1.82, 2.24) is 25.4 Å². The lowest BCUT2D eigenvalue weighted by atomic mass is 10.1. The van der Waals surface area contributed by atoms with Gasteiger partial charge in [0.2, 0.25) is 0 Å². The molecule has 31 heavy (non-hydrogen) atoms. The second-order valence-electron chi connectivity index (χ2n) is 6.88. The molecule has 1 unspecified atom stereocenters. The van der Waals surface area contributed by atoms with Crippen molar-refractivity contribution in [1.29, 1.82) is 0 Å². The summed E-state index contributed by atoms with van der Waals surface area (Å²) < 4.78 is 47.5. The van der Waals surface area contributed by atoms with Crippen LogP contribution in [0.2, 0.25) is 0 Å². The van der Waals surface area contributed by atoms with Crippen LogP contribution in [0.3, 0.4) is 0 Å². The van der Waals surface area contributed by atoms with Gasteiger partial charge in [-0.15, -0.1) is 37.1 Å². The fraction of sp³-hybridized carbons (Fsp3) is 0.526. The normalized spacial score (nSPS) is 16.3. The zero-order valence-corrected chi connectivity index (χ0v) is 19.6. The van der Waals surface area contributed by atoms with Gasteiger partial charge < -0.3 is 20.1 Å². The van der Waals surface area contributed by atoms with E-state index in [1.807, 2.05) is 4.68 Å². The van der Waals surface area contributed by atoms with Crippen molar-refractivity contribution >= 4 is 29.9 Å². The number of rotatable bonds is 7. The smallest absolute Gasteiger partial charge is 0.406 e. The number of aryl methyl sites for hydroxylation is 1. The Bertz CT molecular complexity index is 857. The van der Waals surface area contributed by atoms with E-state index in [0.717, 1.165) is 24.2 Å². The summed E-state index contributed by atoms with van der Waals surface area (Å²) in [6.45, 7) is 1.66. The first kappa shape index (κ1) is 25.2. The van der Waals surface area contributed by atoms with Gasteiger partial charge in [-0.3, -0.25) is 4.99 Å². The molecule has 0 radical (unpaired) electrons. The number of nitrogens with zero attached hydrogens (tertiary/aromatic N) is 4. The third-order valence-electron chi connectivity index (χ3n) is 4.60. The van der Waals surface area contributed by atoms with E-state index >= 15 is 0 Å². The van der Waals surface area contributed by atoms with Crippen molar-refractivity contribution in [3.05, 3.63) is 41.5 Å². The van der Waals surface area contributed by atoms with Crippen molar-refractivity contribution in [3.8, 4) is 5.75 Å². The van der Waals surface area contributed by atoms with Crippen molar-refractivity contribution in [2.24, 2.45) is 4.99 Å². The number of hydrogen-bond donors (Lipinski definition) is 2. The molecule has 3 rings (SSSR count). The fourth-order valence-corrected chi connectivity index (χ4v) is 3.24. The van der Waals surface area contributed by atoms with Crippen LogP contribution in [0.4, 0.5) is 13.2 Å². The Morgan fingerprint density at radius 2 is 2.03 bits per heavy atom. The maximum absolute atomic E-state index is 12.2. The Balaban J connectivity index is 0.00000341. The quantitative estimate of drug-likeness (QED) is 0.311. The van der Waals surface area contributed by atoms with E-state index in [1.165, 1.54) is 12.1 Å². The van der Waals surface area contributed by atoms with Crippen LogP contribution in [0.5, 0.6) is 5.75 Å². The zero-order valence-electron chi connectivity index (χ0n) is 17.3. The molecule has 1 aromatic carbocycles. The number of fused-ring (bicyclic) bond motifs is 1. The summed E-state index contributed by atoms with van der Waals surface area (Å²) >= 11 is 0. The maximum atomic E-state index is 12.2. The number of benzene rings is 1. The van der Waals surface area contributed by atoms with Crippen molar-refractivity contribution in [2.45, 2.75) is 44.8 Å². The topological polar surface area (TPSA) is 85.6 Å². The molecule has 0 fully saturated rings. The summed E-state index contributed by atoms with van der Waals surface area (Å²) in [6.07, 6.45) is -2.33. The van der Waals surface area contributed by atoms with Gasteiger partial charge in [-0.2, -0.15) is 5.10 Å². The maximum Gasteiger partial charge on any atom is 0.573 e. The molecule has 1 aromatic heterocycles. The molecule has 2 N–H and O–H groups in total. The van der Waals surface area contributed by atoms with Crippen LogP contribution in [-0.4, -0.2) is 53.8 Å². The molecule has 0 aliphatic carbocycles. The molecule has 1 aliphatic rings. The molecular weight excluding hydrogens is 528 g/mol. The average Bonchev–Trinajstić information content (AvgIpc) is 3.09. The number of aliphatic imine (C=N–C) groups is 1. The van der Waals surface area contributed by atoms with Gasteiger partial charge in [0.25, 0.3) is 0 Å². The summed E-state index contributed by atoms with van der Waals surface area (Å²) in [5.74, 6) is 2.08. The largest absolute Gasteiger partial charge is 0.573 e. The molecule has 1 aliphatic heterocycles. The minimum absolute atomic E-state index is 0. The van der Waals surface area contributed by atoms with Gasteiger partial charge in [-0.1, -0.05) is 12.1 Å². The number of guanidine groups is 1. The van der Waals surface area contributed by atoms with Gasteiger partial charge in [0.1, 0.15) is 18.2 Å². The molecule has 0 bridgehead atoms. The van der Waals surface area contributed by atoms with Crippen LogP contribution >= 0.6 is 24.0 Å². The molecule has 12 heteroatoms. The first-order valence-electron chi connectivity index (χ1n) is 9.59. The first-order valence-corrected chi connectivity index (χ1v) is 9.59.